The fourth-order valence-corrected chi connectivity index (χ4v) is 1.94. The maximum absolute atomic E-state index is 11.9. The van der Waals surface area contributed by atoms with Gasteiger partial charge in [0.1, 0.15) is 0 Å². The van der Waals surface area contributed by atoms with Crippen molar-refractivity contribution >= 4 is 11.9 Å². The molecule has 0 aliphatic carbocycles. The summed E-state index contributed by atoms with van der Waals surface area (Å²) in [7, 11) is 2.56. The van der Waals surface area contributed by atoms with Gasteiger partial charge in [0, 0.05) is 6.42 Å². The van der Waals surface area contributed by atoms with Crippen LogP contribution in [0, 0.1) is 0 Å². The van der Waals surface area contributed by atoms with Crippen LogP contribution in [0.1, 0.15) is 26.2 Å². The molecule has 0 bridgehead atoms. The van der Waals surface area contributed by atoms with E-state index in [1.165, 1.54) is 14.2 Å². The number of hydrogen-bond acceptors (Lipinski definition) is 6. The molecule has 0 unspecified atom stereocenters. The number of esters is 2. The molecule has 6 nitrogen and oxygen atoms in total. The van der Waals surface area contributed by atoms with Gasteiger partial charge in [0.2, 0.25) is 0 Å². The lowest BCUT2D eigenvalue weighted by molar-refractivity contribution is -0.139. The predicted molar refractivity (Wildman–Crippen MR) is 75.4 cm³/mol. The molecular formula is C15H22O6. The molecule has 0 amide bonds. The van der Waals surface area contributed by atoms with Crippen LogP contribution in [0.15, 0.2) is 23.3 Å². The van der Waals surface area contributed by atoms with Crippen molar-refractivity contribution in [3.63, 3.8) is 0 Å². The van der Waals surface area contributed by atoms with Crippen molar-refractivity contribution in [1.82, 2.24) is 0 Å². The number of ether oxygens (including phenoxy) is 4. The predicted octanol–water partition coefficient (Wildman–Crippen LogP) is 1.75. The second kappa shape index (κ2) is 9.31. The first-order valence-electron chi connectivity index (χ1n) is 6.93. The summed E-state index contributed by atoms with van der Waals surface area (Å²) in [6.45, 7) is 3.02. The SMILES string of the molecule is CC/C=C/C(C(=O)OC)=C(\CCC1OCCO1)C(=O)OC. The van der Waals surface area contributed by atoms with Crippen LogP contribution in [0.25, 0.3) is 0 Å². The van der Waals surface area contributed by atoms with E-state index in [-0.39, 0.29) is 17.4 Å². The summed E-state index contributed by atoms with van der Waals surface area (Å²) in [5.41, 5.74) is 0.484. The molecule has 118 valence electrons. The average Bonchev–Trinajstić information content (AvgIpc) is 3.02. The Morgan fingerprint density at radius 1 is 1.14 bits per heavy atom. The standard InChI is InChI=1S/C15H22O6/c1-4-5-6-11(14(16)18-2)12(15(17)19-3)7-8-13-20-9-10-21-13/h5-6,13H,4,7-10H2,1-3H3/b6-5+,12-11-. The minimum atomic E-state index is -0.562. The zero-order valence-electron chi connectivity index (χ0n) is 12.7. The van der Waals surface area contributed by atoms with Gasteiger partial charge in [-0.1, -0.05) is 19.1 Å². The minimum Gasteiger partial charge on any atom is -0.466 e. The Hall–Kier alpha value is -1.66. The zero-order valence-corrected chi connectivity index (χ0v) is 12.7. The highest BCUT2D eigenvalue weighted by Crippen LogP contribution is 2.20. The van der Waals surface area contributed by atoms with Gasteiger partial charge in [-0.3, -0.25) is 0 Å². The van der Waals surface area contributed by atoms with Gasteiger partial charge in [0.15, 0.2) is 6.29 Å². The first-order valence-corrected chi connectivity index (χ1v) is 6.93. The highest BCUT2D eigenvalue weighted by molar-refractivity contribution is 6.02. The van der Waals surface area contributed by atoms with Gasteiger partial charge in [-0.15, -0.1) is 0 Å². The maximum atomic E-state index is 11.9. The van der Waals surface area contributed by atoms with Crippen LogP contribution in [0.5, 0.6) is 0 Å². The number of carbonyl (C=O) groups is 2. The van der Waals surface area contributed by atoms with Crippen LogP contribution in [0.3, 0.4) is 0 Å². The molecule has 1 saturated heterocycles. The van der Waals surface area contributed by atoms with Crippen molar-refractivity contribution in [3.05, 3.63) is 23.3 Å². The van der Waals surface area contributed by atoms with Gasteiger partial charge >= 0.3 is 11.9 Å². The van der Waals surface area contributed by atoms with E-state index >= 15 is 0 Å². The third-order valence-electron chi connectivity index (χ3n) is 3.00. The summed E-state index contributed by atoms with van der Waals surface area (Å²) >= 11 is 0. The first kappa shape index (κ1) is 17.4. The molecule has 1 heterocycles. The Labute approximate surface area is 124 Å². The van der Waals surface area contributed by atoms with Gasteiger partial charge < -0.3 is 18.9 Å². The number of carbonyl (C=O) groups excluding carboxylic acids is 2. The molecule has 0 N–H and O–H groups in total. The topological polar surface area (TPSA) is 71.1 Å². The molecule has 6 heteroatoms. The fraction of sp³-hybridized carbons (Fsp3) is 0.600. The van der Waals surface area contributed by atoms with Crippen LogP contribution in [0.4, 0.5) is 0 Å². The second-order valence-electron chi connectivity index (χ2n) is 4.40. The van der Waals surface area contributed by atoms with Crippen molar-refractivity contribution in [2.45, 2.75) is 32.5 Å². The van der Waals surface area contributed by atoms with Crippen molar-refractivity contribution < 1.29 is 28.5 Å². The number of rotatable bonds is 7. The second-order valence-corrected chi connectivity index (χ2v) is 4.40. The Balaban J connectivity index is 2.97. The average molecular weight is 298 g/mol. The van der Waals surface area contributed by atoms with Crippen LogP contribution in [0.2, 0.25) is 0 Å². The van der Waals surface area contributed by atoms with Crippen LogP contribution in [-0.2, 0) is 28.5 Å². The molecule has 0 aromatic carbocycles. The lowest BCUT2D eigenvalue weighted by Crippen LogP contribution is -2.16. The molecule has 0 aromatic heterocycles. The van der Waals surface area contributed by atoms with E-state index < -0.39 is 11.9 Å². The van der Waals surface area contributed by atoms with E-state index in [9.17, 15) is 9.59 Å². The Morgan fingerprint density at radius 2 is 1.76 bits per heavy atom. The number of hydrogen-bond donors (Lipinski definition) is 0. The van der Waals surface area contributed by atoms with Crippen LogP contribution in [-0.4, -0.2) is 45.7 Å². The molecular weight excluding hydrogens is 276 g/mol. The highest BCUT2D eigenvalue weighted by atomic mass is 16.7. The maximum Gasteiger partial charge on any atom is 0.338 e. The molecule has 1 rings (SSSR count). The molecule has 21 heavy (non-hydrogen) atoms. The molecule has 0 atom stereocenters. The summed E-state index contributed by atoms with van der Waals surface area (Å²) in [5, 5.41) is 0. The largest absolute Gasteiger partial charge is 0.466 e. The van der Waals surface area contributed by atoms with Gasteiger partial charge in [-0.05, 0) is 12.8 Å². The van der Waals surface area contributed by atoms with Crippen LogP contribution < -0.4 is 0 Å². The molecule has 0 saturated carbocycles. The normalized spacial score (nSPS) is 16.9. The van der Waals surface area contributed by atoms with Gasteiger partial charge in [0.25, 0.3) is 0 Å². The van der Waals surface area contributed by atoms with Gasteiger partial charge in [-0.2, -0.15) is 0 Å². The van der Waals surface area contributed by atoms with Gasteiger partial charge in [-0.25, -0.2) is 9.59 Å². The molecule has 0 spiro atoms. The van der Waals surface area contributed by atoms with Crippen molar-refractivity contribution in [1.29, 1.82) is 0 Å². The minimum absolute atomic E-state index is 0.212. The summed E-state index contributed by atoms with van der Waals surface area (Å²) in [6.07, 6.45) is 4.56. The number of methoxy groups -OCH3 is 2. The fourth-order valence-electron chi connectivity index (χ4n) is 1.94. The lowest BCUT2D eigenvalue weighted by atomic mass is 10.0. The van der Waals surface area contributed by atoms with E-state index in [1.54, 1.807) is 12.2 Å². The van der Waals surface area contributed by atoms with E-state index in [2.05, 4.69) is 0 Å². The Bertz CT molecular complexity index is 418. The Morgan fingerprint density at radius 3 is 2.29 bits per heavy atom. The molecule has 1 aliphatic heterocycles. The lowest BCUT2D eigenvalue weighted by Gasteiger charge is -2.12. The van der Waals surface area contributed by atoms with E-state index in [0.29, 0.717) is 26.1 Å². The first-order chi connectivity index (χ1) is 10.1. The summed E-state index contributed by atoms with van der Waals surface area (Å²) < 4.78 is 20.2. The smallest absolute Gasteiger partial charge is 0.338 e. The third-order valence-corrected chi connectivity index (χ3v) is 3.00. The van der Waals surface area contributed by atoms with Crippen LogP contribution >= 0.6 is 0 Å². The van der Waals surface area contributed by atoms with Crippen molar-refractivity contribution in [2.24, 2.45) is 0 Å². The molecule has 0 aromatic rings. The summed E-state index contributed by atoms with van der Waals surface area (Å²) in [6, 6.07) is 0. The molecule has 0 radical (unpaired) electrons. The van der Waals surface area contributed by atoms with Crippen molar-refractivity contribution in [2.75, 3.05) is 27.4 Å². The molecule has 1 fully saturated rings. The van der Waals surface area contributed by atoms with Crippen molar-refractivity contribution in [3.8, 4) is 0 Å². The quantitative estimate of drug-likeness (QED) is 0.405. The van der Waals surface area contributed by atoms with E-state index in [0.717, 1.165) is 6.42 Å². The van der Waals surface area contributed by atoms with E-state index in [1.807, 2.05) is 6.92 Å². The molecule has 1 aliphatic rings. The zero-order chi connectivity index (χ0) is 15.7. The summed E-state index contributed by atoms with van der Waals surface area (Å²) in [4.78, 5) is 23.8. The monoisotopic (exact) mass is 298 g/mol. The summed E-state index contributed by atoms with van der Waals surface area (Å²) in [5.74, 6) is -1.11. The third kappa shape index (κ3) is 5.32. The highest BCUT2D eigenvalue weighted by Gasteiger charge is 2.23. The Kier molecular flexibility index (Phi) is 7.71. The van der Waals surface area contributed by atoms with Gasteiger partial charge in [0.05, 0.1) is 38.6 Å². The number of allylic oxidation sites excluding steroid dienone is 1. The van der Waals surface area contributed by atoms with E-state index in [4.69, 9.17) is 18.9 Å².